The van der Waals surface area contributed by atoms with Crippen LogP contribution in [0.3, 0.4) is 0 Å². The molecule has 2 aliphatic heterocycles. The highest BCUT2D eigenvalue weighted by molar-refractivity contribution is 6.03. The van der Waals surface area contributed by atoms with Crippen LogP contribution in [0.25, 0.3) is 0 Å². The van der Waals surface area contributed by atoms with E-state index < -0.39 is 30.1 Å². The van der Waals surface area contributed by atoms with E-state index in [1.807, 2.05) is 54.6 Å². The van der Waals surface area contributed by atoms with Gasteiger partial charge in [0, 0.05) is 30.9 Å². The molecule has 1 fully saturated rings. The van der Waals surface area contributed by atoms with Crippen molar-refractivity contribution >= 4 is 23.5 Å². The summed E-state index contributed by atoms with van der Waals surface area (Å²) in [6, 6.07) is 15.7. The fraction of sp³-hybridized carbons (Fsp3) is 0.393. The van der Waals surface area contributed by atoms with E-state index in [1.165, 1.54) is 6.08 Å². The van der Waals surface area contributed by atoms with Gasteiger partial charge in [0.05, 0.1) is 0 Å². The molecule has 1 N–H and O–H groups in total. The fourth-order valence-corrected chi connectivity index (χ4v) is 4.75. The number of nitrogens with one attached hydrogen (secondary N) is 1. The van der Waals surface area contributed by atoms with Crippen LogP contribution in [0.4, 0.5) is 18.9 Å². The lowest BCUT2D eigenvalue weighted by molar-refractivity contribution is -0.248. The van der Waals surface area contributed by atoms with Crippen molar-refractivity contribution in [2.24, 2.45) is 0 Å². The van der Waals surface area contributed by atoms with E-state index in [2.05, 4.69) is 10.2 Å². The average Bonchev–Trinajstić information content (AvgIpc) is 3.34. The monoisotopic (exact) mass is 529 g/mol. The summed E-state index contributed by atoms with van der Waals surface area (Å²) in [5, 5.41) is 3.67. The Morgan fingerprint density at radius 2 is 1.76 bits per heavy atom. The number of benzene rings is 2. The predicted octanol–water partition coefficient (Wildman–Crippen LogP) is 4.12. The van der Waals surface area contributed by atoms with Gasteiger partial charge in [0.1, 0.15) is 6.04 Å². The van der Waals surface area contributed by atoms with Crippen LogP contribution in [-0.4, -0.2) is 54.2 Å². The highest BCUT2D eigenvalue weighted by Crippen LogP contribution is 2.28. The first-order chi connectivity index (χ1) is 18.2. The Kier molecular flexibility index (Phi) is 8.83. The van der Waals surface area contributed by atoms with Crippen LogP contribution in [0.2, 0.25) is 0 Å². The number of carbonyl (C=O) groups is 3. The van der Waals surface area contributed by atoms with E-state index in [9.17, 15) is 27.6 Å². The molecule has 2 aromatic rings. The second-order valence-electron chi connectivity index (χ2n) is 9.40. The van der Waals surface area contributed by atoms with E-state index in [0.717, 1.165) is 28.3 Å². The molecule has 0 aromatic heterocycles. The summed E-state index contributed by atoms with van der Waals surface area (Å²) in [6.45, 7) is 0.586. The largest absolute Gasteiger partial charge is 0.492 e. The fourth-order valence-electron chi connectivity index (χ4n) is 4.75. The van der Waals surface area contributed by atoms with Crippen molar-refractivity contribution in [1.29, 1.82) is 0 Å². The molecule has 0 radical (unpaired) electrons. The predicted molar refractivity (Wildman–Crippen MR) is 135 cm³/mol. The first kappa shape index (κ1) is 27.4. The molecule has 2 heterocycles. The maximum absolute atomic E-state index is 13.2. The van der Waals surface area contributed by atoms with Gasteiger partial charge in [-0.2, -0.15) is 13.2 Å². The Morgan fingerprint density at radius 3 is 2.53 bits per heavy atom. The Bertz CT molecular complexity index is 1170. The summed E-state index contributed by atoms with van der Waals surface area (Å²) >= 11 is 0. The van der Waals surface area contributed by atoms with Crippen molar-refractivity contribution < 1.29 is 32.4 Å². The Hall–Kier alpha value is -3.66. The number of alkyl halides is 3. The minimum absolute atomic E-state index is 0.0251. The standard InChI is InChI=1S/C28H30F3N3O4/c29-28(30,31)27(37)38-34-18-7-6-12-24(34)26(36)32-22(14-13-20-8-2-1-3-9-20)15-16-25(35)33-19-17-21-10-4-5-11-23(21)33/h1-5,8-11,15-16,22,24H,6-7,12-14,17-19H2,(H,32,36)/b16-15+/t22-,24-/m0/s1. The number of amides is 2. The van der Waals surface area contributed by atoms with Crippen LogP contribution in [0.15, 0.2) is 66.7 Å². The molecule has 0 spiro atoms. The maximum atomic E-state index is 13.2. The van der Waals surface area contributed by atoms with Crippen LogP contribution >= 0.6 is 0 Å². The van der Waals surface area contributed by atoms with Crippen LogP contribution in [-0.2, 0) is 32.1 Å². The number of nitrogens with zero attached hydrogens (tertiary/aromatic N) is 2. The van der Waals surface area contributed by atoms with Gasteiger partial charge in [0.25, 0.3) is 5.91 Å². The molecule has 38 heavy (non-hydrogen) atoms. The van der Waals surface area contributed by atoms with Crippen molar-refractivity contribution in [3.8, 4) is 0 Å². The number of piperidine rings is 1. The molecule has 0 unspecified atom stereocenters. The molecule has 7 nitrogen and oxygen atoms in total. The topological polar surface area (TPSA) is 79.0 Å². The third kappa shape index (κ3) is 7.00. The smallest absolute Gasteiger partial charge is 0.360 e. The SMILES string of the molecule is O=C(N[C@H](/C=C/C(=O)N1CCc2ccccc21)CCc1ccccc1)[C@@H]1CCCCN1OC(=O)C(F)(F)F. The van der Waals surface area contributed by atoms with Crippen molar-refractivity contribution in [3.63, 3.8) is 0 Å². The van der Waals surface area contributed by atoms with Crippen LogP contribution in [0, 0.1) is 0 Å². The van der Waals surface area contributed by atoms with E-state index in [0.29, 0.717) is 32.2 Å². The second-order valence-corrected chi connectivity index (χ2v) is 9.40. The van der Waals surface area contributed by atoms with Crippen molar-refractivity contribution in [1.82, 2.24) is 10.4 Å². The average molecular weight is 530 g/mol. The van der Waals surface area contributed by atoms with Gasteiger partial charge in [0.2, 0.25) is 5.91 Å². The van der Waals surface area contributed by atoms with Gasteiger partial charge in [-0.3, -0.25) is 9.59 Å². The first-order valence-corrected chi connectivity index (χ1v) is 12.7. The maximum Gasteiger partial charge on any atom is 0.492 e. The molecule has 0 aliphatic carbocycles. The molecule has 0 bridgehead atoms. The van der Waals surface area contributed by atoms with Gasteiger partial charge in [-0.05, 0) is 55.7 Å². The summed E-state index contributed by atoms with van der Waals surface area (Å²) in [5.74, 6) is -3.12. The number of hydroxylamine groups is 2. The minimum Gasteiger partial charge on any atom is -0.360 e. The molecule has 4 rings (SSSR count). The number of anilines is 1. The Balaban J connectivity index is 1.46. The quantitative estimate of drug-likeness (QED) is 0.521. The van der Waals surface area contributed by atoms with Crippen LogP contribution in [0.5, 0.6) is 0 Å². The third-order valence-electron chi connectivity index (χ3n) is 6.73. The van der Waals surface area contributed by atoms with E-state index in [-0.39, 0.29) is 18.9 Å². The number of rotatable bonds is 8. The highest BCUT2D eigenvalue weighted by Gasteiger charge is 2.44. The number of aryl methyl sites for hydroxylation is 1. The molecule has 2 atom stereocenters. The molecule has 2 aliphatic rings. The molecular weight excluding hydrogens is 499 g/mol. The minimum atomic E-state index is -5.16. The zero-order chi connectivity index (χ0) is 27.1. The van der Waals surface area contributed by atoms with Crippen LogP contribution in [0.1, 0.15) is 36.8 Å². The molecule has 202 valence electrons. The summed E-state index contributed by atoms with van der Waals surface area (Å²) in [4.78, 5) is 43.8. The second kappa shape index (κ2) is 12.3. The molecule has 2 aromatic carbocycles. The molecule has 2 amide bonds. The molecular formula is C28H30F3N3O4. The number of carbonyl (C=O) groups excluding carboxylic acids is 3. The lowest BCUT2D eigenvalue weighted by Gasteiger charge is -2.33. The number of halogens is 3. The zero-order valence-corrected chi connectivity index (χ0v) is 20.8. The third-order valence-corrected chi connectivity index (χ3v) is 6.73. The van der Waals surface area contributed by atoms with Crippen molar-refractivity contribution in [2.75, 3.05) is 18.0 Å². The summed E-state index contributed by atoms with van der Waals surface area (Å²) in [7, 11) is 0. The van der Waals surface area contributed by atoms with Gasteiger partial charge in [-0.25, -0.2) is 4.79 Å². The Labute approximate surface area is 219 Å². The summed E-state index contributed by atoms with van der Waals surface area (Å²) in [5.41, 5.74) is 2.99. The van der Waals surface area contributed by atoms with Gasteiger partial charge in [0.15, 0.2) is 0 Å². The Morgan fingerprint density at radius 1 is 1.03 bits per heavy atom. The normalized spacial score (nSPS) is 18.7. The van der Waals surface area contributed by atoms with Gasteiger partial charge >= 0.3 is 12.1 Å². The van der Waals surface area contributed by atoms with E-state index in [4.69, 9.17) is 0 Å². The molecule has 10 heteroatoms. The van der Waals surface area contributed by atoms with Gasteiger partial charge in [-0.15, -0.1) is 5.06 Å². The summed E-state index contributed by atoms with van der Waals surface area (Å²) in [6.07, 6.45) is 1.08. The van der Waals surface area contributed by atoms with Crippen molar-refractivity contribution in [2.45, 2.75) is 56.8 Å². The number of fused-ring (bicyclic) bond motifs is 1. The van der Waals surface area contributed by atoms with Gasteiger partial charge < -0.3 is 15.1 Å². The van der Waals surface area contributed by atoms with Crippen molar-refractivity contribution in [3.05, 3.63) is 77.9 Å². The highest BCUT2D eigenvalue weighted by atomic mass is 19.4. The number of hydrogen-bond donors (Lipinski definition) is 1. The number of hydrogen-bond acceptors (Lipinski definition) is 5. The van der Waals surface area contributed by atoms with E-state index in [1.54, 1.807) is 11.0 Å². The summed E-state index contributed by atoms with van der Waals surface area (Å²) < 4.78 is 38.3. The van der Waals surface area contributed by atoms with Gasteiger partial charge in [-0.1, -0.05) is 54.6 Å². The van der Waals surface area contributed by atoms with E-state index >= 15 is 0 Å². The lowest BCUT2D eigenvalue weighted by Crippen LogP contribution is -2.53. The zero-order valence-electron chi connectivity index (χ0n) is 20.8. The molecule has 0 saturated carbocycles. The molecule has 1 saturated heterocycles. The van der Waals surface area contributed by atoms with Crippen LogP contribution < -0.4 is 10.2 Å². The lowest BCUT2D eigenvalue weighted by atomic mass is 10.0. The number of para-hydroxylation sites is 1. The first-order valence-electron chi connectivity index (χ1n) is 12.7.